The summed E-state index contributed by atoms with van der Waals surface area (Å²) in [6, 6.07) is 7.15. The molecule has 1 aliphatic heterocycles. The number of hydrogen-bond donors (Lipinski definition) is 0. The number of rotatable bonds is 1. The number of pyridine rings is 1. The number of ether oxygens (including phenoxy) is 1. The Kier molecular flexibility index (Phi) is 4.25. The van der Waals surface area contributed by atoms with Crippen LogP contribution in [0.25, 0.3) is 5.52 Å². The van der Waals surface area contributed by atoms with Crippen molar-refractivity contribution in [1.82, 2.24) is 9.30 Å². The Morgan fingerprint density at radius 2 is 2.00 bits per heavy atom. The molecule has 0 saturated carbocycles. The fraction of sp³-hybridized carbons (Fsp3) is 0.529. The summed E-state index contributed by atoms with van der Waals surface area (Å²) in [6.45, 7) is 6.23. The van der Waals surface area contributed by atoms with Crippen molar-refractivity contribution < 1.29 is 4.74 Å². The summed E-state index contributed by atoms with van der Waals surface area (Å²) >= 11 is 0. The quantitative estimate of drug-likeness (QED) is 0.803. The van der Waals surface area contributed by atoms with Crippen molar-refractivity contribution in [2.45, 2.75) is 32.2 Å². The van der Waals surface area contributed by atoms with Gasteiger partial charge in [0.2, 0.25) is 0 Å². The average molecular weight is 307 g/mol. The molecule has 3 heterocycles. The maximum atomic E-state index is 5.52. The average Bonchev–Trinajstić information content (AvgIpc) is 2.82. The standard InChI is InChI=1S/C17H22N2O.ClH/c1-13-14-5-2-3-8-19(14)16-7-4-6-15(17(13)16)18-9-11-20-12-10-18;/h2-3,5,8,15H,4,6-7,9-12H2,1H3;1H. The van der Waals surface area contributed by atoms with Crippen molar-refractivity contribution in [2.24, 2.45) is 0 Å². The molecule has 1 unspecified atom stereocenters. The molecule has 0 aromatic carbocycles. The molecule has 0 amide bonds. The van der Waals surface area contributed by atoms with Gasteiger partial charge in [-0.05, 0) is 49.4 Å². The van der Waals surface area contributed by atoms with Crippen LogP contribution in [0.3, 0.4) is 0 Å². The van der Waals surface area contributed by atoms with E-state index < -0.39 is 0 Å². The molecular weight excluding hydrogens is 284 g/mol. The van der Waals surface area contributed by atoms with Gasteiger partial charge in [-0.3, -0.25) is 4.90 Å². The molecular formula is C17H23ClN2O. The summed E-state index contributed by atoms with van der Waals surface area (Å²) < 4.78 is 7.93. The van der Waals surface area contributed by atoms with E-state index in [0.717, 1.165) is 26.3 Å². The van der Waals surface area contributed by atoms with Gasteiger partial charge in [-0.15, -0.1) is 12.4 Å². The van der Waals surface area contributed by atoms with Crippen LogP contribution in [0.15, 0.2) is 24.4 Å². The molecule has 2 aromatic rings. The first-order chi connectivity index (χ1) is 9.86. The van der Waals surface area contributed by atoms with Crippen LogP contribution in [0, 0.1) is 6.92 Å². The zero-order chi connectivity index (χ0) is 13.5. The van der Waals surface area contributed by atoms with Gasteiger partial charge in [0.1, 0.15) is 0 Å². The van der Waals surface area contributed by atoms with Crippen LogP contribution in [-0.2, 0) is 11.2 Å². The van der Waals surface area contributed by atoms with E-state index in [1.165, 1.54) is 30.3 Å². The second-order valence-corrected chi connectivity index (χ2v) is 6.00. The fourth-order valence-electron chi connectivity index (χ4n) is 4.03. The molecule has 0 radical (unpaired) electrons. The summed E-state index contributed by atoms with van der Waals surface area (Å²) in [5.41, 5.74) is 6.01. The highest BCUT2D eigenvalue weighted by Gasteiger charge is 2.31. The minimum Gasteiger partial charge on any atom is -0.379 e. The van der Waals surface area contributed by atoms with Crippen molar-refractivity contribution in [3.63, 3.8) is 0 Å². The Morgan fingerprint density at radius 1 is 1.19 bits per heavy atom. The van der Waals surface area contributed by atoms with Crippen molar-refractivity contribution in [1.29, 1.82) is 0 Å². The lowest BCUT2D eigenvalue weighted by Gasteiger charge is -2.37. The van der Waals surface area contributed by atoms with Crippen LogP contribution in [0.5, 0.6) is 0 Å². The first kappa shape index (κ1) is 14.9. The molecule has 114 valence electrons. The highest BCUT2D eigenvalue weighted by atomic mass is 35.5. The third-order valence-electron chi connectivity index (χ3n) is 4.96. The topological polar surface area (TPSA) is 16.9 Å². The zero-order valence-electron chi connectivity index (χ0n) is 12.5. The molecule has 0 N–H and O–H groups in total. The van der Waals surface area contributed by atoms with Gasteiger partial charge in [-0.1, -0.05) is 6.07 Å². The van der Waals surface area contributed by atoms with Crippen molar-refractivity contribution in [3.05, 3.63) is 41.2 Å². The number of fused-ring (bicyclic) bond motifs is 3. The SMILES string of the molecule is Cc1c2c(n3ccccc13)CCCC2N1CCOCC1.Cl. The number of morpholine rings is 1. The second kappa shape index (κ2) is 5.99. The van der Waals surface area contributed by atoms with E-state index in [-0.39, 0.29) is 12.4 Å². The van der Waals surface area contributed by atoms with Crippen LogP contribution < -0.4 is 0 Å². The first-order valence-corrected chi connectivity index (χ1v) is 7.76. The number of halogens is 1. The van der Waals surface area contributed by atoms with Gasteiger partial charge in [-0.2, -0.15) is 0 Å². The van der Waals surface area contributed by atoms with Crippen LogP contribution >= 0.6 is 12.4 Å². The maximum absolute atomic E-state index is 5.52. The number of hydrogen-bond acceptors (Lipinski definition) is 2. The monoisotopic (exact) mass is 306 g/mol. The summed E-state index contributed by atoms with van der Waals surface area (Å²) in [6.07, 6.45) is 6.04. The van der Waals surface area contributed by atoms with Gasteiger partial charge in [0, 0.05) is 36.5 Å². The van der Waals surface area contributed by atoms with E-state index in [9.17, 15) is 0 Å². The van der Waals surface area contributed by atoms with E-state index >= 15 is 0 Å². The van der Waals surface area contributed by atoms with Crippen molar-refractivity contribution in [2.75, 3.05) is 26.3 Å². The molecule has 3 nitrogen and oxygen atoms in total. The largest absolute Gasteiger partial charge is 0.379 e. The first-order valence-electron chi connectivity index (χ1n) is 7.76. The van der Waals surface area contributed by atoms with Gasteiger partial charge >= 0.3 is 0 Å². The number of aromatic nitrogens is 1. The highest BCUT2D eigenvalue weighted by molar-refractivity contribution is 5.85. The summed E-state index contributed by atoms with van der Waals surface area (Å²) in [5.74, 6) is 0. The van der Waals surface area contributed by atoms with Crippen LogP contribution in [-0.4, -0.2) is 35.6 Å². The van der Waals surface area contributed by atoms with E-state index in [2.05, 4.69) is 40.6 Å². The highest BCUT2D eigenvalue weighted by Crippen LogP contribution is 2.39. The smallest absolute Gasteiger partial charge is 0.0594 e. The Bertz CT molecular complexity index is 631. The maximum Gasteiger partial charge on any atom is 0.0594 e. The molecule has 2 aliphatic rings. The Balaban J connectivity index is 0.00000132. The lowest BCUT2D eigenvalue weighted by atomic mass is 9.89. The van der Waals surface area contributed by atoms with Gasteiger partial charge in [0.25, 0.3) is 0 Å². The van der Waals surface area contributed by atoms with E-state index in [1.807, 2.05) is 0 Å². The van der Waals surface area contributed by atoms with Gasteiger partial charge in [0.15, 0.2) is 0 Å². The lowest BCUT2D eigenvalue weighted by molar-refractivity contribution is 0.0122. The van der Waals surface area contributed by atoms with Crippen LogP contribution in [0.1, 0.15) is 35.7 Å². The third kappa shape index (κ3) is 2.37. The summed E-state index contributed by atoms with van der Waals surface area (Å²) in [7, 11) is 0. The number of nitrogens with zero attached hydrogens (tertiary/aromatic N) is 2. The minimum atomic E-state index is 0. The predicted molar refractivity (Wildman–Crippen MR) is 87.5 cm³/mol. The van der Waals surface area contributed by atoms with E-state index in [4.69, 9.17) is 4.74 Å². The summed E-state index contributed by atoms with van der Waals surface area (Å²) in [5, 5.41) is 0. The predicted octanol–water partition coefficient (Wildman–Crippen LogP) is 3.38. The molecule has 1 fully saturated rings. The van der Waals surface area contributed by atoms with Gasteiger partial charge in [-0.25, -0.2) is 0 Å². The van der Waals surface area contributed by atoms with Crippen LogP contribution in [0.2, 0.25) is 0 Å². The third-order valence-corrected chi connectivity index (χ3v) is 4.96. The lowest BCUT2D eigenvalue weighted by Crippen LogP contribution is -2.40. The molecule has 21 heavy (non-hydrogen) atoms. The van der Waals surface area contributed by atoms with Crippen LogP contribution in [0.4, 0.5) is 0 Å². The normalized spacial score (nSPS) is 22.8. The molecule has 0 bridgehead atoms. The van der Waals surface area contributed by atoms with E-state index in [0.29, 0.717) is 6.04 Å². The Morgan fingerprint density at radius 3 is 2.81 bits per heavy atom. The molecule has 1 saturated heterocycles. The molecule has 1 aliphatic carbocycles. The second-order valence-electron chi connectivity index (χ2n) is 6.00. The molecule has 1 atom stereocenters. The van der Waals surface area contributed by atoms with Crippen molar-refractivity contribution >= 4 is 17.9 Å². The molecule has 4 heteroatoms. The number of aryl methyl sites for hydroxylation is 2. The minimum absolute atomic E-state index is 0. The van der Waals surface area contributed by atoms with Crippen molar-refractivity contribution in [3.8, 4) is 0 Å². The zero-order valence-corrected chi connectivity index (χ0v) is 13.4. The molecule has 4 rings (SSSR count). The Hall–Kier alpha value is -1.03. The Labute approximate surface area is 132 Å². The molecule has 0 spiro atoms. The van der Waals surface area contributed by atoms with Gasteiger partial charge < -0.3 is 9.14 Å². The van der Waals surface area contributed by atoms with E-state index in [1.54, 1.807) is 11.3 Å². The van der Waals surface area contributed by atoms with Gasteiger partial charge in [0.05, 0.1) is 13.2 Å². The summed E-state index contributed by atoms with van der Waals surface area (Å²) in [4.78, 5) is 2.63. The molecule has 2 aromatic heterocycles. The fourth-order valence-corrected chi connectivity index (χ4v) is 4.03.